The Balaban J connectivity index is 2.40. The molecule has 1 rings (SSSR count). The number of ether oxygens (including phenoxy) is 1. The summed E-state index contributed by atoms with van der Waals surface area (Å²) in [5, 5.41) is 11.0. The SMILES string of the molecule is CCOCCN(O)Cc1ccc(C(C)C)cc1. The molecule has 0 saturated heterocycles. The van der Waals surface area contributed by atoms with Crippen molar-refractivity contribution < 1.29 is 9.94 Å². The Hall–Kier alpha value is -0.900. The van der Waals surface area contributed by atoms with Gasteiger partial charge >= 0.3 is 0 Å². The lowest BCUT2D eigenvalue weighted by Gasteiger charge is -2.15. The quantitative estimate of drug-likeness (QED) is 0.584. The smallest absolute Gasteiger partial charge is 0.0616 e. The molecule has 0 amide bonds. The highest BCUT2D eigenvalue weighted by molar-refractivity contribution is 5.24. The molecule has 0 bridgehead atoms. The van der Waals surface area contributed by atoms with E-state index in [1.54, 1.807) is 0 Å². The minimum absolute atomic E-state index is 0.541. The summed E-state index contributed by atoms with van der Waals surface area (Å²) >= 11 is 0. The molecule has 0 aliphatic carbocycles. The summed E-state index contributed by atoms with van der Waals surface area (Å²) in [5.74, 6) is 0.548. The van der Waals surface area contributed by atoms with Crippen molar-refractivity contribution in [3.63, 3.8) is 0 Å². The molecule has 3 heteroatoms. The van der Waals surface area contributed by atoms with Crippen molar-refractivity contribution >= 4 is 0 Å². The van der Waals surface area contributed by atoms with Gasteiger partial charge in [0.25, 0.3) is 0 Å². The fourth-order valence-corrected chi connectivity index (χ4v) is 1.61. The second-order valence-corrected chi connectivity index (χ2v) is 4.48. The molecule has 0 aliphatic rings. The van der Waals surface area contributed by atoms with Crippen molar-refractivity contribution in [2.75, 3.05) is 19.8 Å². The van der Waals surface area contributed by atoms with E-state index in [2.05, 4.69) is 38.1 Å². The third kappa shape index (κ3) is 5.31. The lowest BCUT2D eigenvalue weighted by Crippen LogP contribution is -2.23. The maximum Gasteiger partial charge on any atom is 0.0616 e. The van der Waals surface area contributed by atoms with Crippen molar-refractivity contribution in [1.82, 2.24) is 5.06 Å². The summed E-state index contributed by atoms with van der Waals surface area (Å²) in [5.41, 5.74) is 2.45. The lowest BCUT2D eigenvalue weighted by atomic mass is 10.0. The van der Waals surface area contributed by atoms with Gasteiger partial charge in [-0.15, -0.1) is 0 Å². The van der Waals surface area contributed by atoms with Crippen LogP contribution in [-0.2, 0) is 11.3 Å². The third-order valence-corrected chi connectivity index (χ3v) is 2.71. The Morgan fingerprint density at radius 1 is 1.24 bits per heavy atom. The summed E-state index contributed by atoms with van der Waals surface area (Å²) in [4.78, 5) is 0. The van der Waals surface area contributed by atoms with Gasteiger partial charge in [0.15, 0.2) is 0 Å². The van der Waals surface area contributed by atoms with E-state index in [4.69, 9.17) is 4.74 Å². The fourth-order valence-electron chi connectivity index (χ4n) is 1.61. The molecule has 1 aromatic carbocycles. The first kappa shape index (κ1) is 14.2. The van der Waals surface area contributed by atoms with Crippen LogP contribution in [0.15, 0.2) is 24.3 Å². The van der Waals surface area contributed by atoms with Gasteiger partial charge in [-0.1, -0.05) is 38.1 Å². The lowest BCUT2D eigenvalue weighted by molar-refractivity contribution is -0.111. The number of benzene rings is 1. The molecule has 0 atom stereocenters. The number of hydrogen-bond acceptors (Lipinski definition) is 3. The van der Waals surface area contributed by atoms with Gasteiger partial charge in [0.05, 0.1) is 6.61 Å². The van der Waals surface area contributed by atoms with Gasteiger partial charge in [0.1, 0.15) is 0 Å². The van der Waals surface area contributed by atoms with Crippen molar-refractivity contribution in [2.24, 2.45) is 0 Å². The minimum Gasteiger partial charge on any atom is -0.380 e. The molecule has 0 heterocycles. The highest BCUT2D eigenvalue weighted by Gasteiger charge is 2.03. The molecule has 0 aromatic heterocycles. The molecule has 1 aromatic rings. The highest BCUT2D eigenvalue weighted by Crippen LogP contribution is 2.15. The van der Waals surface area contributed by atoms with Gasteiger partial charge in [0.2, 0.25) is 0 Å². The molecule has 0 aliphatic heterocycles. The van der Waals surface area contributed by atoms with E-state index < -0.39 is 0 Å². The van der Waals surface area contributed by atoms with Crippen molar-refractivity contribution in [1.29, 1.82) is 0 Å². The van der Waals surface area contributed by atoms with E-state index in [1.165, 1.54) is 10.6 Å². The molecular weight excluding hydrogens is 214 g/mol. The fraction of sp³-hybridized carbons (Fsp3) is 0.571. The van der Waals surface area contributed by atoms with E-state index in [0.717, 1.165) is 5.56 Å². The Morgan fingerprint density at radius 3 is 2.41 bits per heavy atom. The molecule has 0 unspecified atom stereocenters. The molecule has 17 heavy (non-hydrogen) atoms. The topological polar surface area (TPSA) is 32.7 Å². The van der Waals surface area contributed by atoms with Gasteiger partial charge in [-0.25, -0.2) is 0 Å². The molecule has 0 radical (unpaired) electrons. The molecule has 0 saturated carbocycles. The average Bonchev–Trinajstić information content (AvgIpc) is 2.30. The van der Waals surface area contributed by atoms with Gasteiger partial charge in [-0.2, -0.15) is 5.06 Å². The summed E-state index contributed by atoms with van der Waals surface area (Å²) in [6, 6.07) is 8.38. The molecule has 0 fully saturated rings. The maximum atomic E-state index is 9.66. The van der Waals surface area contributed by atoms with Gasteiger partial charge < -0.3 is 9.94 Å². The van der Waals surface area contributed by atoms with E-state index in [9.17, 15) is 5.21 Å². The van der Waals surface area contributed by atoms with Crippen molar-refractivity contribution in [3.8, 4) is 0 Å². The van der Waals surface area contributed by atoms with Crippen molar-refractivity contribution in [2.45, 2.75) is 33.2 Å². The van der Waals surface area contributed by atoms with Crippen LogP contribution in [0.4, 0.5) is 0 Å². The maximum absolute atomic E-state index is 9.66. The van der Waals surface area contributed by atoms with Crippen molar-refractivity contribution in [3.05, 3.63) is 35.4 Å². The Bertz CT molecular complexity index is 309. The zero-order valence-electron chi connectivity index (χ0n) is 11.0. The first-order chi connectivity index (χ1) is 8.13. The van der Waals surface area contributed by atoms with E-state index >= 15 is 0 Å². The van der Waals surface area contributed by atoms with E-state index in [-0.39, 0.29) is 0 Å². The highest BCUT2D eigenvalue weighted by atomic mass is 16.5. The van der Waals surface area contributed by atoms with Crippen LogP contribution in [0.1, 0.15) is 37.8 Å². The van der Waals surface area contributed by atoms with Gasteiger partial charge in [-0.3, -0.25) is 0 Å². The number of rotatable bonds is 7. The first-order valence-electron chi connectivity index (χ1n) is 6.24. The predicted molar refractivity (Wildman–Crippen MR) is 69.2 cm³/mol. The normalized spacial score (nSPS) is 11.4. The summed E-state index contributed by atoms with van der Waals surface area (Å²) in [6.07, 6.45) is 0. The van der Waals surface area contributed by atoms with Crippen LogP contribution < -0.4 is 0 Å². The minimum atomic E-state index is 0.541. The number of hydroxylamine groups is 2. The van der Waals surface area contributed by atoms with Crippen LogP contribution >= 0.6 is 0 Å². The molecule has 3 nitrogen and oxygen atoms in total. The predicted octanol–water partition coefficient (Wildman–Crippen LogP) is 3.04. The van der Waals surface area contributed by atoms with Crippen LogP contribution in [0.2, 0.25) is 0 Å². The van der Waals surface area contributed by atoms with Crippen LogP contribution in [0, 0.1) is 0 Å². The second kappa shape index (κ2) is 7.43. The van der Waals surface area contributed by atoms with Crippen LogP contribution in [0.3, 0.4) is 0 Å². The first-order valence-corrected chi connectivity index (χ1v) is 6.24. The monoisotopic (exact) mass is 237 g/mol. The third-order valence-electron chi connectivity index (χ3n) is 2.71. The Morgan fingerprint density at radius 2 is 1.88 bits per heavy atom. The Kier molecular flexibility index (Phi) is 6.19. The zero-order valence-corrected chi connectivity index (χ0v) is 11.0. The average molecular weight is 237 g/mol. The van der Waals surface area contributed by atoms with Gasteiger partial charge in [-0.05, 0) is 24.0 Å². The van der Waals surface area contributed by atoms with E-state index in [0.29, 0.717) is 32.2 Å². The molecular formula is C14H23NO2. The van der Waals surface area contributed by atoms with Crippen LogP contribution in [0.5, 0.6) is 0 Å². The molecule has 1 N–H and O–H groups in total. The Labute approximate surface area is 104 Å². The summed E-state index contributed by atoms with van der Waals surface area (Å²) < 4.78 is 5.19. The van der Waals surface area contributed by atoms with Crippen LogP contribution in [-0.4, -0.2) is 30.0 Å². The van der Waals surface area contributed by atoms with E-state index in [1.807, 2.05) is 6.92 Å². The number of nitrogens with zero attached hydrogens (tertiary/aromatic N) is 1. The summed E-state index contributed by atoms with van der Waals surface area (Å²) in [6.45, 7) is 8.65. The summed E-state index contributed by atoms with van der Waals surface area (Å²) in [7, 11) is 0. The van der Waals surface area contributed by atoms with Crippen LogP contribution in [0.25, 0.3) is 0 Å². The molecule has 0 spiro atoms. The van der Waals surface area contributed by atoms with Gasteiger partial charge in [0, 0.05) is 19.7 Å². The number of hydrogen-bond donors (Lipinski definition) is 1. The standard InChI is InChI=1S/C14H23NO2/c1-4-17-10-9-15(16)11-13-5-7-14(8-6-13)12(2)3/h5-8,12,16H,4,9-11H2,1-3H3. The molecule has 96 valence electrons. The second-order valence-electron chi connectivity index (χ2n) is 4.48. The zero-order chi connectivity index (χ0) is 12.7. The largest absolute Gasteiger partial charge is 0.380 e.